The van der Waals surface area contributed by atoms with Crippen LogP contribution < -0.4 is 0 Å². The first-order valence-electron chi connectivity index (χ1n) is 4.84. The lowest BCUT2D eigenvalue weighted by Gasteiger charge is -1.99. The number of pyridine rings is 1. The van der Waals surface area contributed by atoms with E-state index in [2.05, 4.69) is 9.51 Å². The van der Waals surface area contributed by atoms with Gasteiger partial charge in [-0.25, -0.2) is 0 Å². The topological polar surface area (TPSA) is 76.5 Å². The molecule has 86 valence electrons. The largest absolute Gasteiger partial charge is 0.695 e. The van der Waals surface area contributed by atoms with Gasteiger partial charge in [0.1, 0.15) is 0 Å². The van der Waals surface area contributed by atoms with Crippen molar-refractivity contribution in [3.05, 3.63) is 42.1 Å². The maximum Gasteiger partial charge on any atom is 0.695 e. The number of Topliss-reactive ketones (excluding diaryl/α,β-unsaturated/α-hetero) is 1. The van der Waals surface area contributed by atoms with E-state index in [4.69, 9.17) is 4.89 Å². The summed E-state index contributed by atoms with van der Waals surface area (Å²) in [5.41, 5.74) is 1.15. The quantitative estimate of drug-likeness (QED) is 0.664. The van der Waals surface area contributed by atoms with Gasteiger partial charge in [0.25, 0.3) is 0 Å². The van der Waals surface area contributed by atoms with Gasteiger partial charge in [-0.3, -0.25) is 9.78 Å². The van der Waals surface area contributed by atoms with E-state index in [1.807, 2.05) is 24.3 Å². The number of carbonyl (C=O) groups is 1. The van der Waals surface area contributed by atoms with E-state index < -0.39 is 14.9 Å². The van der Waals surface area contributed by atoms with Crippen molar-refractivity contribution in [2.24, 2.45) is 0 Å². The molecule has 17 heavy (non-hydrogen) atoms. The number of hydrogen-bond acceptors (Lipinski definition) is 4. The highest BCUT2D eigenvalue weighted by molar-refractivity contribution is 7.32. The number of para-hydroxylation sites is 1. The minimum atomic E-state index is -2.75. The smallest absolute Gasteiger partial charge is 0.291 e. The molecule has 0 radical (unpaired) electrons. The summed E-state index contributed by atoms with van der Waals surface area (Å²) in [4.78, 5) is 24.1. The zero-order valence-corrected chi connectivity index (χ0v) is 9.63. The monoisotopic (exact) mass is 250 g/mol. The number of rotatable bonds is 4. The molecule has 1 atom stereocenters. The minimum absolute atomic E-state index is 0.362. The van der Waals surface area contributed by atoms with Crippen molar-refractivity contribution in [3.8, 4) is 0 Å². The Hall–Kier alpha value is -1.68. The lowest BCUT2D eigenvalue weighted by molar-refractivity contribution is 0.0917. The molecular weight excluding hydrogens is 241 g/mol. The van der Waals surface area contributed by atoms with Gasteiger partial charge in [-0.1, -0.05) is 18.2 Å². The molecular formula is C11H9NO4P+. The molecule has 5 nitrogen and oxygen atoms in total. The third-order valence-electron chi connectivity index (χ3n) is 2.22. The van der Waals surface area contributed by atoms with Crippen LogP contribution in [0.25, 0.3) is 10.9 Å². The summed E-state index contributed by atoms with van der Waals surface area (Å²) in [7, 11) is -2.75. The molecule has 1 N–H and O–H groups in total. The van der Waals surface area contributed by atoms with Gasteiger partial charge in [-0.15, -0.1) is 9.42 Å². The van der Waals surface area contributed by atoms with E-state index in [1.54, 1.807) is 6.07 Å². The fraction of sp³-hybridized carbons (Fsp3) is 0.0909. The first-order chi connectivity index (χ1) is 8.16. The molecule has 2 rings (SSSR count). The lowest BCUT2D eigenvalue weighted by atomic mass is 10.1. The molecule has 0 amide bonds. The van der Waals surface area contributed by atoms with E-state index in [9.17, 15) is 9.36 Å². The third kappa shape index (κ3) is 2.91. The first-order valence-corrected chi connectivity index (χ1v) is 5.97. The van der Waals surface area contributed by atoms with Crippen LogP contribution in [0.4, 0.5) is 0 Å². The van der Waals surface area contributed by atoms with Crippen LogP contribution >= 0.6 is 8.25 Å². The molecule has 0 bridgehead atoms. The molecule has 1 heterocycles. The van der Waals surface area contributed by atoms with Crippen molar-refractivity contribution >= 4 is 24.9 Å². The predicted octanol–water partition coefficient (Wildman–Crippen LogP) is 2.08. The van der Waals surface area contributed by atoms with E-state index in [-0.39, 0.29) is 5.78 Å². The normalized spacial score (nSPS) is 11.5. The summed E-state index contributed by atoms with van der Waals surface area (Å²) < 4.78 is 14.7. The zero-order chi connectivity index (χ0) is 12.3. The summed E-state index contributed by atoms with van der Waals surface area (Å²) >= 11 is 0. The van der Waals surface area contributed by atoms with Gasteiger partial charge >= 0.3 is 8.25 Å². The highest BCUT2D eigenvalue weighted by atomic mass is 31.1. The number of benzene rings is 1. The molecule has 6 heteroatoms. The van der Waals surface area contributed by atoms with Gasteiger partial charge in [-0.05, 0) is 12.1 Å². The van der Waals surface area contributed by atoms with Crippen LogP contribution in [0, 0.1) is 0 Å². The van der Waals surface area contributed by atoms with E-state index in [1.165, 1.54) is 6.20 Å². The number of nitrogens with zero attached hydrogens (tertiary/aromatic N) is 1. The van der Waals surface area contributed by atoms with Crippen molar-refractivity contribution in [3.63, 3.8) is 0 Å². The Morgan fingerprint density at radius 2 is 2.18 bits per heavy atom. The molecule has 0 aliphatic heterocycles. The first kappa shape index (κ1) is 11.8. The van der Waals surface area contributed by atoms with Crippen molar-refractivity contribution in [1.82, 2.24) is 4.98 Å². The summed E-state index contributed by atoms with van der Waals surface area (Å²) in [5.74, 6) is -0.374. The van der Waals surface area contributed by atoms with Gasteiger partial charge in [-0.2, -0.15) is 0 Å². The average molecular weight is 250 g/mol. The maximum atomic E-state index is 11.6. The van der Waals surface area contributed by atoms with Gasteiger partial charge < -0.3 is 0 Å². The second-order valence-corrected chi connectivity index (χ2v) is 4.09. The number of ketones is 1. The summed E-state index contributed by atoms with van der Waals surface area (Å²) in [5, 5.41) is 0.840. The molecule has 1 aromatic carbocycles. The number of hydrogen-bond donors (Lipinski definition) is 1. The van der Waals surface area contributed by atoms with Crippen molar-refractivity contribution in [2.45, 2.75) is 0 Å². The molecule has 1 unspecified atom stereocenters. The van der Waals surface area contributed by atoms with Gasteiger partial charge in [0, 0.05) is 21.7 Å². The number of fused-ring (bicyclic) bond motifs is 1. The Morgan fingerprint density at radius 3 is 2.94 bits per heavy atom. The van der Waals surface area contributed by atoms with Crippen molar-refractivity contribution in [2.75, 3.05) is 6.61 Å². The van der Waals surface area contributed by atoms with Crippen LogP contribution in [0.1, 0.15) is 10.4 Å². The van der Waals surface area contributed by atoms with Crippen LogP contribution in [0.3, 0.4) is 0 Å². The summed E-state index contributed by atoms with van der Waals surface area (Å²) in [6, 6.07) is 9.06. The molecule has 0 spiro atoms. The van der Waals surface area contributed by atoms with E-state index >= 15 is 0 Å². The predicted molar refractivity (Wildman–Crippen MR) is 61.9 cm³/mol. The minimum Gasteiger partial charge on any atom is -0.291 e. The molecule has 0 saturated heterocycles. The number of carbonyl (C=O) groups excluding carboxylic acids is 1. The summed E-state index contributed by atoms with van der Waals surface area (Å²) in [6.45, 7) is -0.425. The van der Waals surface area contributed by atoms with E-state index in [0.717, 1.165) is 10.9 Å². The lowest BCUT2D eigenvalue weighted by Crippen LogP contribution is -2.06. The fourth-order valence-corrected chi connectivity index (χ4v) is 1.65. The Balaban J connectivity index is 2.24. The highest BCUT2D eigenvalue weighted by Crippen LogP contribution is 2.17. The van der Waals surface area contributed by atoms with Crippen LogP contribution in [0.5, 0.6) is 0 Å². The van der Waals surface area contributed by atoms with Crippen LogP contribution in [-0.2, 0) is 9.09 Å². The second-order valence-electron chi connectivity index (χ2n) is 3.35. The Labute approximate surface area is 98.0 Å². The maximum absolute atomic E-state index is 11.6. The molecule has 0 fully saturated rings. The standard InChI is InChI=1S/C11H8NO4P/c13-11(7-16-17(14)15)9-5-8-3-1-2-4-10(8)12-6-9/h1-6H,7H2/p+1. The van der Waals surface area contributed by atoms with Crippen LogP contribution in [0.2, 0.25) is 0 Å². The van der Waals surface area contributed by atoms with Gasteiger partial charge in [0.05, 0.1) is 5.52 Å². The molecule has 1 aromatic heterocycles. The molecule has 0 saturated carbocycles. The highest BCUT2D eigenvalue weighted by Gasteiger charge is 2.17. The van der Waals surface area contributed by atoms with Crippen LogP contribution in [-0.4, -0.2) is 22.3 Å². The Kier molecular flexibility index (Phi) is 3.54. The third-order valence-corrected chi connectivity index (χ3v) is 2.57. The average Bonchev–Trinajstić information content (AvgIpc) is 2.35. The van der Waals surface area contributed by atoms with Crippen molar-refractivity contribution in [1.29, 1.82) is 0 Å². The fourth-order valence-electron chi connectivity index (χ4n) is 1.42. The zero-order valence-electron chi connectivity index (χ0n) is 8.74. The number of aromatic nitrogens is 1. The Morgan fingerprint density at radius 1 is 1.41 bits per heavy atom. The molecule has 0 aliphatic carbocycles. The van der Waals surface area contributed by atoms with Gasteiger partial charge in [0.15, 0.2) is 12.4 Å². The van der Waals surface area contributed by atoms with Gasteiger partial charge in [0.2, 0.25) is 0 Å². The van der Waals surface area contributed by atoms with E-state index in [0.29, 0.717) is 5.56 Å². The Bertz CT molecular complexity index is 584. The SMILES string of the molecule is O=C(CO[P+](=O)O)c1cnc2ccccc2c1. The van der Waals surface area contributed by atoms with Crippen LogP contribution in [0.15, 0.2) is 36.5 Å². The molecule has 0 aliphatic rings. The second kappa shape index (κ2) is 5.10. The molecule has 2 aromatic rings. The summed E-state index contributed by atoms with van der Waals surface area (Å²) in [6.07, 6.45) is 1.43. The van der Waals surface area contributed by atoms with Crippen molar-refractivity contribution < 1.29 is 18.8 Å².